The van der Waals surface area contributed by atoms with Gasteiger partial charge >= 0.3 is 6.18 Å². The second-order valence-corrected chi connectivity index (χ2v) is 10.9. The molecule has 1 aromatic carbocycles. The lowest BCUT2D eigenvalue weighted by Crippen LogP contribution is -2.54. The van der Waals surface area contributed by atoms with Crippen molar-refractivity contribution >= 4 is 11.6 Å². The molecule has 1 amide bonds. The first kappa shape index (κ1) is 31.7. The highest BCUT2D eigenvalue weighted by atomic mass is 19.4. The average Bonchev–Trinajstić information content (AvgIpc) is 2.96. The molecule has 1 aliphatic heterocycles. The molecule has 12 heteroatoms. The normalized spacial score (nSPS) is 15.6. The van der Waals surface area contributed by atoms with Crippen LogP contribution in [-0.4, -0.2) is 67.2 Å². The molecule has 3 aromatic rings. The Morgan fingerprint density at radius 1 is 1.21 bits per heavy atom. The van der Waals surface area contributed by atoms with E-state index in [1.165, 1.54) is 24.5 Å². The fourth-order valence-electron chi connectivity index (χ4n) is 5.53. The van der Waals surface area contributed by atoms with Crippen molar-refractivity contribution in [3.05, 3.63) is 71.3 Å². The molecule has 2 aromatic heterocycles. The van der Waals surface area contributed by atoms with Crippen LogP contribution in [-0.2, 0) is 16.4 Å². The first-order valence-corrected chi connectivity index (χ1v) is 14.0. The first-order valence-electron chi connectivity index (χ1n) is 14.0. The minimum atomic E-state index is -4.58. The Kier molecular flexibility index (Phi) is 9.55. The summed E-state index contributed by atoms with van der Waals surface area (Å²) in [5, 5.41) is 12.7. The Hall–Kier alpha value is -4.24. The molecule has 1 unspecified atom stereocenters. The van der Waals surface area contributed by atoms with Gasteiger partial charge in [0.25, 0.3) is 0 Å². The number of carbonyl (C=O) groups is 1. The van der Waals surface area contributed by atoms with Gasteiger partial charge in [-0.15, -0.1) is 0 Å². The van der Waals surface area contributed by atoms with Gasteiger partial charge < -0.3 is 19.9 Å². The van der Waals surface area contributed by atoms with Crippen LogP contribution in [0.1, 0.15) is 43.4 Å². The average molecular weight is 599 g/mol. The number of likely N-dealkylation sites (N-methyl/N-ethyl adjacent to an activating group) is 1. The van der Waals surface area contributed by atoms with Crippen molar-refractivity contribution < 1.29 is 27.1 Å². The van der Waals surface area contributed by atoms with Crippen molar-refractivity contribution in [2.45, 2.75) is 44.3 Å². The number of hydrogen-bond acceptors (Lipinski definition) is 7. The zero-order valence-electron chi connectivity index (χ0n) is 24.5. The maximum Gasteiger partial charge on any atom is 0.416 e. The SMILES string of the molecule is CCOc1ncccc1-c1ncc(C2(C(=O)NC(C)CN(C)C)CCN(c3ccc(C(F)(F)F)cc3C#N)CC2)cc1F. The molecule has 0 bridgehead atoms. The van der Waals surface area contributed by atoms with Crippen LogP contribution in [0.4, 0.5) is 23.2 Å². The molecule has 0 radical (unpaired) electrons. The fraction of sp³-hybridized carbons (Fsp3) is 0.419. The van der Waals surface area contributed by atoms with Crippen LogP contribution in [0.2, 0.25) is 0 Å². The minimum Gasteiger partial charge on any atom is -0.477 e. The summed E-state index contributed by atoms with van der Waals surface area (Å²) in [6.07, 6.45) is -1.11. The topological polar surface area (TPSA) is 94.4 Å². The molecule has 0 aliphatic carbocycles. The summed E-state index contributed by atoms with van der Waals surface area (Å²) in [6, 6.07) is 9.35. The third-order valence-electron chi connectivity index (χ3n) is 7.55. The Morgan fingerprint density at radius 2 is 1.93 bits per heavy atom. The highest BCUT2D eigenvalue weighted by Gasteiger charge is 2.44. The number of pyridine rings is 2. The van der Waals surface area contributed by atoms with Crippen molar-refractivity contribution in [2.75, 3.05) is 45.2 Å². The zero-order chi connectivity index (χ0) is 31.4. The van der Waals surface area contributed by atoms with E-state index in [1.807, 2.05) is 32.0 Å². The van der Waals surface area contributed by atoms with E-state index in [0.717, 1.165) is 12.1 Å². The van der Waals surface area contributed by atoms with Gasteiger partial charge in [-0.1, -0.05) is 0 Å². The van der Waals surface area contributed by atoms with Gasteiger partial charge in [-0.05, 0) is 82.7 Å². The number of aromatic nitrogens is 2. The number of rotatable bonds is 9. The lowest BCUT2D eigenvalue weighted by Gasteiger charge is -2.42. The maximum absolute atomic E-state index is 15.7. The smallest absolute Gasteiger partial charge is 0.416 e. The number of amides is 1. The molecule has 1 N–H and O–H groups in total. The van der Waals surface area contributed by atoms with Crippen LogP contribution in [0.25, 0.3) is 11.3 Å². The number of ether oxygens (including phenoxy) is 1. The Labute approximate surface area is 248 Å². The number of nitrogens with one attached hydrogen (secondary N) is 1. The highest BCUT2D eigenvalue weighted by molar-refractivity contribution is 5.89. The van der Waals surface area contributed by atoms with E-state index in [2.05, 4.69) is 15.3 Å². The molecular weight excluding hydrogens is 564 g/mol. The number of hydrogen-bond donors (Lipinski definition) is 1. The molecule has 1 aliphatic rings. The lowest BCUT2D eigenvalue weighted by molar-refractivity contribution is -0.137. The number of halogens is 4. The third kappa shape index (κ3) is 6.88. The van der Waals surface area contributed by atoms with E-state index in [9.17, 15) is 23.2 Å². The van der Waals surface area contributed by atoms with Crippen LogP contribution in [0, 0.1) is 17.1 Å². The summed E-state index contributed by atoms with van der Waals surface area (Å²) in [6.45, 7) is 5.08. The second kappa shape index (κ2) is 13.0. The summed E-state index contributed by atoms with van der Waals surface area (Å²) in [5.41, 5.74) is -1.02. The van der Waals surface area contributed by atoms with Gasteiger partial charge in [0.15, 0.2) is 0 Å². The van der Waals surface area contributed by atoms with Gasteiger partial charge in [0.05, 0.1) is 34.4 Å². The molecule has 4 rings (SSSR count). The van der Waals surface area contributed by atoms with Gasteiger partial charge in [0, 0.05) is 38.1 Å². The zero-order valence-corrected chi connectivity index (χ0v) is 24.5. The number of alkyl halides is 3. The van der Waals surface area contributed by atoms with Gasteiger partial charge in [-0.3, -0.25) is 9.78 Å². The van der Waals surface area contributed by atoms with Crippen LogP contribution in [0.3, 0.4) is 0 Å². The van der Waals surface area contributed by atoms with E-state index in [1.54, 1.807) is 24.0 Å². The van der Waals surface area contributed by atoms with Crippen LogP contribution in [0.5, 0.6) is 5.88 Å². The van der Waals surface area contributed by atoms with Crippen molar-refractivity contribution in [3.63, 3.8) is 0 Å². The monoisotopic (exact) mass is 598 g/mol. The number of nitrogens with zero attached hydrogens (tertiary/aromatic N) is 5. The van der Waals surface area contributed by atoms with E-state index >= 15 is 4.39 Å². The largest absolute Gasteiger partial charge is 0.477 e. The van der Waals surface area contributed by atoms with Crippen molar-refractivity contribution in [1.82, 2.24) is 20.2 Å². The van der Waals surface area contributed by atoms with Crippen LogP contribution in [0.15, 0.2) is 48.8 Å². The molecule has 0 spiro atoms. The molecular formula is C31H34F4N6O2. The predicted octanol–water partition coefficient (Wildman–Crippen LogP) is 5.18. The number of carbonyl (C=O) groups excluding carboxylic acids is 1. The molecule has 43 heavy (non-hydrogen) atoms. The fourth-order valence-corrected chi connectivity index (χ4v) is 5.53. The van der Waals surface area contributed by atoms with Crippen molar-refractivity contribution in [3.8, 4) is 23.2 Å². The number of anilines is 1. The van der Waals surface area contributed by atoms with E-state index in [0.29, 0.717) is 30.0 Å². The third-order valence-corrected chi connectivity index (χ3v) is 7.55. The molecule has 1 atom stereocenters. The predicted molar refractivity (Wildman–Crippen MR) is 154 cm³/mol. The van der Waals surface area contributed by atoms with Crippen LogP contribution >= 0.6 is 0 Å². The van der Waals surface area contributed by atoms with Crippen LogP contribution < -0.4 is 15.0 Å². The van der Waals surface area contributed by atoms with Gasteiger partial charge in [0.1, 0.15) is 17.6 Å². The van der Waals surface area contributed by atoms with Crippen molar-refractivity contribution in [2.24, 2.45) is 0 Å². The molecule has 1 fully saturated rings. The molecule has 3 heterocycles. The van der Waals surface area contributed by atoms with Gasteiger partial charge in [-0.25, -0.2) is 9.37 Å². The van der Waals surface area contributed by atoms with Crippen molar-refractivity contribution in [1.29, 1.82) is 5.26 Å². The van der Waals surface area contributed by atoms with E-state index in [4.69, 9.17) is 4.74 Å². The summed E-state index contributed by atoms with van der Waals surface area (Å²) in [7, 11) is 3.78. The van der Waals surface area contributed by atoms with E-state index in [-0.39, 0.29) is 55.0 Å². The summed E-state index contributed by atoms with van der Waals surface area (Å²) < 4.78 is 61.0. The molecule has 1 saturated heterocycles. The summed E-state index contributed by atoms with van der Waals surface area (Å²) in [4.78, 5) is 26.3. The van der Waals surface area contributed by atoms with Gasteiger partial charge in [0.2, 0.25) is 11.8 Å². The highest BCUT2D eigenvalue weighted by Crippen LogP contribution is 2.40. The number of benzene rings is 1. The Morgan fingerprint density at radius 3 is 2.53 bits per heavy atom. The lowest BCUT2D eigenvalue weighted by atomic mass is 9.72. The van der Waals surface area contributed by atoms with E-state index < -0.39 is 23.0 Å². The van der Waals surface area contributed by atoms with Gasteiger partial charge in [-0.2, -0.15) is 18.4 Å². The number of piperidine rings is 1. The first-order chi connectivity index (χ1) is 20.4. The Balaban J connectivity index is 1.69. The Bertz CT molecular complexity index is 1500. The molecule has 228 valence electrons. The quantitative estimate of drug-likeness (QED) is 0.340. The second-order valence-electron chi connectivity index (χ2n) is 10.9. The minimum absolute atomic E-state index is 0.0395. The standard InChI is InChI=1S/C31H34F4N6O2/c1-5-43-28-24(7-6-12-37-28)27-25(32)16-23(18-38-27)30(29(42)39-20(2)19-40(3)4)10-13-41(14-11-30)26-9-8-22(31(33,34)35)15-21(26)17-36/h6-9,12,15-16,18,20H,5,10-11,13-14,19H2,1-4H3,(H,39,42). The number of nitriles is 1. The maximum atomic E-state index is 15.7. The molecule has 0 saturated carbocycles. The summed E-state index contributed by atoms with van der Waals surface area (Å²) in [5.74, 6) is -0.691. The summed E-state index contributed by atoms with van der Waals surface area (Å²) >= 11 is 0. The molecule has 8 nitrogen and oxygen atoms in total.